The van der Waals surface area contributed by atoms with Crippen LogP contribution >= 0.6 is 11.6 Å². The number of anilines is 1. The molecule has 1 aromatic rings. The van der Waals surface area contributed by atoms with Crippen molar-refractivity contribution in [1.29, 1.82) is 5.26 Å². The predicted molar refractivity (Wildman–Crippen MR) is 95.6 cm³/mol. The number of benzene rings is 1. The smallest absolute Gasteiger partial charge is 0.312 e. The summed E-state index contributed by atoms with van der Waals surface area (Å²) in [5, 5.41) is 9.45. The molecule has 1 saturated heterocycles. The maximum absolute atomic E-state index is 12.8. The van der Waals surface area contributed by atoms with E-state index in [-0.39, 0.29) is 38.0 Å². The summed E-state index contributed by atoms with van der Waals surface area (Å²) in [5.41, 5.74) is 1.39. The number of rotatable bonds is 6. The van der Waals surface area contributed by atoms with Crippen LogP contribution in [0.2, 0.25) is 5.02 Å². The summed E-state index contributed by atoms with van der Waals surface area (Å²) in [6.07, 6.45) is 1.95. The van der Waals surface area contributed by atoms with Gasteiger partial charge in [0.25, 0.3) is 5.91 Å². The van der Waals surface area contributed by atoms with Crippen LogP contribution in [0, 0.1) is 18.3 Å². The van der Waals surface area contributed by atoms with Crippen LogP contribution in [0.25, 0.3) is 0 Å². The molecule has 0 spiro atoms. The lowest BCUT2D eigenvalue weighted by Gasteiger charge is -2.25. The molecule has 1 heterocycles. The highest BCUT2D eigenvalue weighted by Crippen LogP contribution is 2.30. The molecule has 2 fully saturated rings. The van der Waals surface area contributed by atoms with E-state index in [1.54, 1.807) is 18.2 Å². The first-order valence-electron chi connectivity index (χ1n) is 8.47. The van der Waals surface area contributed by atoms with Crippen molar-refractivity contribution in [3.63, 3.8) is 0 Å². The van der Waals surface area contributed by atoms with E-state index in [1.807, 2.05) is 13.0 Å². The second kappa shape index (κ2) is 7.34. The molecule has 26 heavy (non-hydrogen) atoms. The number of amides is 4. The summed E-state index contributed by atoms with van der Waals surface area (Å²) in [7, 11) is 0. The SMILES string of the molecule is Cc1cc(N(CCC#N)C(=O)CN2C(=O)CN(C3CC3)C2=O)ccc1Cl. The van der Waals surface area contributed by atoms with E-state index in [4.69, 9.17) is 16.9 Å². The fraction of sp³-hybridized carbons (Fsp3) is 0.444. The van der Waals surface area contributed by atoms with Crippen LogP contribution in [0.15, 0.2) is 18.2 Å². The van der Waals surface area contributed by atoms with Crippen LogP contribution in [0.1, 0.15) is 24.8 Å². The highest BCUT2D eigenvalue weighted by molar-refractivity contribution is 6.31. The second-order valence-electron chi connectivity index (χ2n) is 6.51. The van der Waals surface area contributed by atoms with E-state index < -0.39 is 11.9 Å². The van der Waals surface area contributed by atoms with Crippen molar-refractivity contribution in [2.45, 2.75) is 32.2 Å². The number of hydrogen-bond acceptors (Lipinski definition) is 4. The third kappa shape index (κ3) is 3.65. The minimum Gasteiger partial charge on any atom is -0.312 e. The summed E-state index contributed by atoms with van der Waals surface area (Å²) in [6.45, 7) is 1.71. The third-order valence-corrected chi connectivity index (χ3v) is 4.99. The molecular formula is C18H19ClN4O3. The summed E-state index contributed by atoms with van der Waals surface area (Å²) >= 11 is 6.04. The number of urea groups is 1. The predicted octanol–water partition coefficient (Wildman–Crippen LogP) is 2.32. The molecule has 4 amide bonds. The highest BCUT2D eigenvalue weighted by atomic mass is 35.5. The quantitative estimate of drug-likeness (QED) is 0.715. The maximum Gasteiger partial charge on any atom is 0.327 e. The average molecular weight is 375 g/mol. The molecule has 8 heteroatoms. The molecule has 136 valence electrons. The lowest BCUT2D eigenvalue weighted by Crippen LogP contribution is -2.44. The van der Waals surface area contributed by atoms with Gasteiger partial charge in [-0.25, -0.2) is 4.79 Å². The summed E-state index contributed by atoms with van der Waals surface area (Å²) in [5.74, 6) is -0.760. The zero-order valence-electron chi connectivity index (χ0n) is 14.4. The summed E-state index contributed by atoms with van der Waals surface area (Å²) < 4.78 is 0. The van der Waals surface area contributed by atoms with Crippen molar-refractivity contribution in [3.05, 3.63) is 28.8 Å². The van der Waals surface area contributed by atoms with Gasteiger partial charge in [-0.15, -0.1) is 0 Å². The molecule has 1 aromatic carbocycles. The fourth-order valence-electron chi connectivity index (χ4n) is 2.96. The normalized spacial score (nSPS) is 16.8. The van der Waals surface area contributed by atoms with Gasteiger partial charge >= 0.3 is 6.03 Å². The van der Waals surface area contributed by atoms with Gasteiger partial charge in [0, 0.05) is 23.3 Å². The zero-order chi connectivity index (χ0) is 18.8. The molecule has 3 rings (SSSR count). The Morgan fingerprint density at radius 3 is 2.73 bits per heavy atom. The van der Waals surface area contributed by atoms with Gasteiger partial charge in [0.1, 0.15) is 13.1 Å². The van der Waals surface area contributed by atoms with Gasteiger partial charge in [0.15, 0.2) is 0 Å². The van der Waals surface area contributed by atoms with E-state index in [2.05, 4.69) is 0 Å². The number of aryl methyl sites for hydroxylation is 1. The van der Waals surface area contributed by atoms with E-state index in [9.17, 15) is 14.4 Å². The van der Waals surface area contributed by atoms with Crippen molar-refractivity contribution in [1.82, 2.24) is 9.80 Å². The molecular weight excluding hydrogens is 356 g/mol. The lowest BCUT2D eigenvalue weighted by molar-refractivity contribution is -0.129. The summed E-state index contributed by atoms with van der Waals surface area (Å²) in [4.78, 5) is 41.3. The van der Waals surface area contributed by atoms with Gasteiger partial charge in [-0.05, 0) is 43.5 Å². The van der Waals surface area contributed by atoms with Gasteiger partial charge in [-0.3, -0.25) is 14.5 Å². The maximum atomic E-state index is 12.8. The molecule has 0 radical (unpaired) electrons. The Morgan fingerprint density at radius 2 is 2.12 bits per heavy atom. The second-order valence-corrected chi connectivity index (χ2v) is 6.92. The molecule has 1 aliphatic carbocycles. The molecule has 0 bridgehead atoms. The van der Waals surface area contributed by atoms with Crippen LogP contribution in [0.3, 0.4) is 0 Å². The monoisotopic (exact) mass is 374 g/mol. The number of imide groups is 1. The van der Waals surface area contributed by atoms with Gasteiger partial charge in [-0.2, -0.15) is 5.26 Å². The number of nitriles is 1. The molecule has 0 aromatic heterocycles. The van der Waals surface area contributed by atoms with Crippen LogP contribution in [-0.4, -0.2) is 53.3 Å². The number of halogens is 1. The minimum atomic E-state index is -0.404. The first kappa shape index (κ1) is 18.2. The Labute approximate surface area is 156 Å². The van der Waals surface area contributed by atoms with Crippen molar-refractivity contribution in [2.24, 2.45) is 0 Å². The lowest BCUT2D eigenvalue weighted by atomic mass is 10.2. The van der Waals surface area contributed by atoms with E-state index in [0.717, 1.165) is 23.3 Å². The Kier molecular flexibility index (Phi) is 5.14. The topological polar surface area (TPSA) is 84.7 Å². The molecule has 0 N–H and O–H groups in total. The Hall–Kier alpha value is -2.59. The number of hydrogen-bond donors (Lipinski definition) is 0. The van der Waals surface area contributed by atoms with Crippen LogP contribution in [0.5, 0.6) is 0 Å². The highest BCUT2D eigenvalue weighted by Gasteiger charge is 2.44. The van der Waals surface area contributed by atoms with Gasteiger partial charge in [0.2, 0.25) is 5.91 Å². The van der Waals surface area contributed by atoms with Crippen LogP contribution < -0.4 is 4.90 Å². The van der Waals surface area contributed by atoms with Crippen molar-refractivity contribution >= 4 is 35.1 Å². The van der Waals surface area contributed by atoms with Crippen molar-refractivity contribution in [2.75, 3.05) is 24.5 Å². The number of nitrogens with zero attached hydrogens (tertiary/aromatic N) is 4. The average Bonchev–Trinajstić information content (AvgIpc) is 3.41. The van der Waals surface area contributed by atoms with E-state index in [0.29, 0.717) is 10.7 Å². The van der Waals surface area contributed by atoms with Gasteiger partial charge < -0.3 is 9.80 Å². The third-order valence-electron chi connectivity index (χ3n) is 4.57. The van der Waals surface area contributed by atoms with Gasteiger partial charge in [-0.1, -0.05) is 11.6 Å². The van der Waals surface area contributed by atoms with Crippen molar-refractivity contribution in [3.8, 4) is 6.07 Å². The molecule has 1 aliphatic heterocycles. The first-order chi connectivity index (χ1) is 12.4. The molecule has 7 nitrogen and oxygen atoms in total. The zero-order valence-corrected chi connectivity index (χ0v) is 15.2. The standard InChI is InChI=1S/C18H19ClN4O3/c1-12-9-14(5-6-15(12)19)21(8-2-7-20)16(24)11-23-17(25)10-22(18(23)26)13-3-4-13/h5-6,9,13H,2-4,8,10-11H2,1H3. The molecule has 1 saturated carbocycles. The molecule has 0 unspecified atom stereocenters. The number of carbonyl (C=O) groups excluding carboxylic acids is 3. The van der Waals surface area contributed by atoms with Gasteiger partial charge in [0.05, 0.1) is 12.5 Å². The fourth-order valence-corrected chi connectivity index (χ4v) is 3.08. The Bertz CT molecular complexity index is 800. The van der Waals surface area contributed by atoms with E-state index >= 15 is 0 Å². The van der Waals surface area contributed by atoms with Crippen molar-refractivity contribution < 1.29 is 14.4 Å². The largest absolute Gasteiger partial charge is 0.327 e. The van der Waals surface area contributed by atoms with E-state index in [1.165, 1.54) is 9.80 Å². The van der Waals surface area contributed by atoms with Crippen LogP contribution in [-0.2, 0) is 9.59 Å². The minimum absolute atomic E-state index is 0.0367. The Morgan fingerprint density at radius 1 is 1.38 bits per heavy atom. The Balaban J connectivity index is 1.77. The van der Waals surface area contributed by atoms with Crippen LogP contribution in [0.4, 0.5) is 10.5 Å². The molecule has 2 aliphatic rings. The summed E-state index contributed by atoms with van der Waals surface area (Å²) in [6, 6.07) is 6.86. The number of carbonyl (C=O) groups is 3. The first-order valence-corrected chi connectivity index (χ1v) is 8.84. The molecule has 0 atom stereocenters.